The van der Waals surface area contributed by atoms with E-state index in [1.54, 1.807) is 13.0 Å². The molecule has 0 bridgehead atoms. The van der Waals surface area contributed by atoms with E-state index >= 15 is 0 Å². The summed E-state index contributed by atoms with van der Waals surface area (Å²) in [6, 6.07) is 4.18. The maximum atomic E-state index is 13.1. The van der Waals surface area contributed by atoms with Crippen LogP contribution in [0, 0.1) is 23.5 Å². The first-order valence-electron chi connectivity index (χ1n) is 4.79. The first-order chi connectivity index (χ1) is 7.25. The summed E-state index contributed by atoms with van der Waals surface area (Å²) in [7, 11) is 0. The molecular weight excluding hydrogens is 196 g/mol. The maximum absolute atomic E-state index is 13.1. The molecule has 0 fully saturated rings. The van der Waals surface area contributed by atoms with Crippen LogP contribution in [0.3, 0.4) is 0 Å². The lowest BCUT2D eigenvalue weighted by atomic mass is 10.2. The second-order valence-corrected chi connectivity index (χ2v) is 3.07. The monoisotopic (exact) mass is 209 g/mol. The average Bonchev–Trinajstić information content (AvgIpc) is 2.24. The zero-order valence-corrected chi connectivity index (χ0v) is 8.61. The van der Waals surface area contributed by atoms with Crippen LogP contribution in [0.25, 0.3) is 0 Å². The van der Waals surface area contributed by atoms with E-state index in [1.807, 2.05) is 0 Å². The third-order valence-corrected chi connectivity index (χ3v) is 1.95. The molecule has 0 unspecified atom stereocenters. The highest BCUT2D eigenvalue weighted by molar-refractivity contribution is 5.18. The number of halogens is 2. The van der Waals surface area contributed by atoms with Crippen molar-refractivity contribution in [2.45, 2.75) is 19.9 Å². The van der Waals surface area contributed by atoms with E-state index in [2.05, 4.69) is 17.2 Å². The molecule has 0 saturated carbocycles. The molecule has 1 aromatic carbocycles. The fourth-order valence-electron chi connectivity index (χ4n) is 1.18. The predicted octanol–water partition coefficient (Wildman–Crippen LogP) is 2.47. The highest BCUT2D eigenvalue weighted by atomic mass is 19.2. The number of rotatable bonds is 4. The second-order valence-electron chi connectivity index (χ2n) is 3.07. The van der Waals surface area contributed by atoms with Gasteiger partial charge in [0.25, 0.3) is 0 Å². The molecule has 0 amide bonds. The van der Waals surface area contributed by atoms with Crippen LogP contribution < -0.4 is 5.32 Å². The van der Waals surface area contributed by atoms with Crippen molar-refractivity contribution in [3.63, 3.8) is 0 Å². The summed E-state index contributed by atoms with van der Waals surface area (Å²) in [5.74, 6) is 4.07. The van der Waals surface area contributed by atoms with Crippen molar-refractivity contribution in [1.82, 2.24) is 5.32 Å². The lowest BCUT2D eigenvalue weighted by Crippen LogP contribution is -2.15. The summed E-state index contributed by atoms with van der Waals surface area (Å²) in [6.45, 7) is 2.78. The van der Waals surface area contributed by atoms with Crippen molar-refractivity contribution < 1.29 is 8.78 Å². The quantitative estimate of drug-likeness (QED) is 0.593. The van der Waals surface area contributed by atoms with Crippen LogP contribution in [0.2, 0.25) is 0 Å². The van der Waals surface area contributed by atoms with Gasteiger partial charge in [-0.2, -0.15) is 0 Å². The van der Waals surface area contributed by atoms with Gasteiger partial charge in [-0.05, 0) is 13.0 Å². The molecule has 0 saturated heterocycles. The molecular formula is C12H13F2N. The lowest BCUT2D eigenvalue weighted by molar-refractivity contribution is 0.493. The lowest BCUT2D eigenvalue weighted by Gasteiger charge is -2.04. The van der Waals surface area contributed by atoms with Gasteiger partial charge < -0.3 is 5.32 Å². The van der Waals surface area contributed by atoms with Crippen LogP contribution in [0.15, 0.2) is 18.2 Å². The van der Waals surface area contributed by atoms with E-state index in [9.17, 15) is 8.78 Å². The van der Waals surface area contributed by atoms with Gasteiger partial charge in [-0.3, -0.25) is 0 Å². The summed E-state index contributed by atoms with van der Waals surface area (Å²) < 4.78 is 25.9. The SMILES string of the molecule is CC#CCCNCc1cccc(F)c1F. The first kappa shape index (κ1) is 11.7. The predicted molar refractivity (Wildman–Crippen MR) is 56.1 cm³/mol. The Hall–Kier alpha value is -1.40. The summed E-state index contributed by atoms with van der Waals surface area (Å²) >= 11 is 0. The Kier molecular flexibility index (Phi) is 4.79. The molecule has 0 aliphatic rings. The number of nitrogens with one attached hydrogen (secondary N) is 1. The second kappa shape index (κ2) is 6.15. The summed E-state index contributed by atoms with van der Waals surface area (Å²) in [6.07, 6.45) is 0.716. The Morgan fingerprint density at radius 1 is 1.33 bits per heavy atom. The van der Waals surface area contributed by atoms with Crippen LogP contribution in [-0.4, -0.2) is 6.54 Å². The first-order valence-corrected chi connectivity index (χ1v) is 4.79. The molecule has 0 heterocycles. The van der Waals surface area contributed by atoms with Crippen molar-refractivity contribution in [1.29, 1.82) is 0 Å². The molecule has 1 nitrogen and oxygen atoms in total. The van der Waals surface area contributed by atoms with Gasteiger partial charge >= 0.3 is 0 Å². The van der Waals surface area contributed by atoms with E-state index in [1.165, 1.54) is 6.07 Å². The Labute approximate surface area is 88.5 Å². The number of hydrogen-bond donors (Lipinski definition) is 1. The summed E-state index contributed by atoms with van der Waals surface area (Å²) in [5.41, 5.74) is 0.347. The van der Waals surface area contributed by atoms with Gasteiger partial charge in [0.2, 0.25) is 0 Å². The third-order valence-electron chi connectivity index (χ3n) is 1.95. The number of benzene rings is 1. The van der Waals surface area contributed by atoms with Crippen LogP contribution >= 0.6 is 0 Å². The Morgan fingerprint density at radius 3 is 2.87 bits per heavy atom. The van der Waals surface area contributed by atoms with E-state index < -0.39 is 11.6 Å². The fraction of sp³-hybridized carbons (Fsp3) is 0.333. The van der Waals surface area contributed by atoms with E-state index in [4.69, 9.17) is 0 Å². The van der Waals surface area contributed by atoms with Gasteiger partial charge in [0, 0.05) is 25.1 Å². The third kappa shape index (κ3) is 3.69. The van der Waals surface area contributed by atoms with E-state index in [0.717, 1.165) is 6.07 Å². The summed E-state index contributed by atoms with van der Waals surface area (Å²) in [4.78, 5) is 0. The summed E-state index contributed by atoms with van der Waals surface area (Å²) in [5, 5.41) is 3.00. The average molecular weight is 209 g/mol. The van der Waals surface area contributed by atoms with E-state index in [-0.39, 0.29) is 0 Å². The van der Waals surface area contributed by atoms with Crippen LogP contribution in [0.4, 0.5) is 8.78 Å². The molecule has 1 N–H and O–H groups in total. The van der Waals surface area contributed by atoms with Crippen molar-refractivity contribution in [3.8, 4) is 11.8 Å². The molecule has 0 atom stereocenters. The molecule has 3 heteroatoms. The van der Waals surface area contributed by atoms with Gasteiger partial charge in [0.05, 0.1) is 0 Å². The van der Waals surface area contributed by atoms with E-state index in [0.29, 0.717) is 25.1 Å². The van der Waals surface area contributed by atoms with Crippen molar-refractivity contribution in [2.24, 2.45) is 0 Å². The maximum Gasteiger partial charge on any atom is 0.163 e. The number of hydrogen-bond acceptors (Lipinski definition) is 1. The van der Waals surface area contributed by atoms with Crippen molar-refractivity contribution >= 4 is 0 Å². The van der Waals surface area contributed by atoms with Gasteiger partial charge in [-0.1, -0.05) is 12.1 Å². The molecule has 0 spiro atoms. The molecule has 80 valence electrons. The molecule has 1 rings (SSSR count). The highest BCUT2D eigenvalue weighted by Crippen LogP contribution is 2.10. The minimum atomic E-state index is -0.803. The zero-order chi connectivity index (χ0) is 11.1. The van der Waals surface area contributed by atoms with Crippen molar-refractivity contribution in [2.75, 3.05) is 6.54 Å². The van der Waals surface area contributed by atoms with Crippen LogP contribution in [-0.2, 0) is 6.54 Å². The molecule has 15 heavy (non-hydrogen) atoms. The van der Waals surface area contributed by atoms with Gasteiger partial charge in [0.1, 0.15) is 0 Å². The highest BCUT2D eigenvalue weighted by Gasteiger charge is 2.05. The molecule has 1 aromatic rings. The van der Waals surface area contributed by atoms with Gasteiger partial charge in [-0.15, -0.1) is 11.8 Å². The minimum absolute atomic E-state index is 0.328. The normalized spacial score (nSPS) is 9.53. The fourth-order valence-corrected chi connectivity index (χ4v) is 1.18. The van der Waals surface area contributed by atoms with Gasteiger partial charge in [0.15, 0.2) is 11.6 Å². The standard InChI is InChI=1S/C12H13F2N/c1-2-3-4-8-15-9-10-6-5-7-11(13)12(10)14/h5-7,15H,4,8-9H2,1H3. The largest absolute Gasteiger partial charge is 0.312 e. The smallest absolute Gasteiger partial charge is 0.163 e. The Morgan fingerprint density at radius 2 is 2.13 bits per heavy atom. The molecule has 0 aromatic heterocycles. The van der Waals surface area contributed by atoms with Crippen molar-refractivity contribution in [3.05, 3.63) is 35.4 Å². The van der Waals surface area contributed by atoms with Crippen LogP contribution in [0.1, 0.15) is 18.9 Å². The van der Waals surface area contributed by atoms with Gasteiger partial charge in [-0.25, -0.2) is 8.78 Å². The van der Waals surface area contributed by atoms with Crippen LogP contribution in [0.5, 0.6) is 0 Å². The molecule has 0 aliphatic carbocycles. The minimum Gasteiger partial charge on any atom is -0.312 e. The Balaban J connectivity index is 2.43. The molecule has 0 radical (unpaired) electrons. The topological polar surface area (TPSA) is 12.0 Å². The Bertz CT molecular complexity index is 377. The molecule has 0 aliphatic heterocycles. The zero-order valence-electron chi connectivity index (χ0n) is 8.61.